The number of allylic oxidation sites excluding steroid dienone is 2. The van der Waals surface area contributed by atoms with Crippen LogP contribution in [0.3, 0.4) is 0 Å². The molecule has 2 aromatic carbocycles. The van der Waals surface area contributed by atoms with Crippen LogP contribution in [0.25, 0.3) is 17.0 Å². The van der Waals surface area contributed by atoms with Crippen molar-refractivity contribution >= 4 is 40.5 Å². The van der Waals surface area contributed by atoms with Crippen LogP contribution in [0, 0.1) is 0 Å². The Labute approximate surface area is 222 Å². The first kappa shape index (κ1) is 27.0. The fourth-order valence-corrected chi connectivity index (χ4v) is 4.51. The number of rotatable bonds is 9. The molecule has 0 spiro atoms. The second-order valence-corrected chi connectivity index (χ2v) is 9.40. The third-order valence-corrected chi connectivity index (χ3v) is 6.89. The van der Waals surface area contributed by atoms with Crippen LogP contribution in [0.2, 0.25) is 0 Å². The van der Waals surface area contributed by atoms with E-state index in [4.69, 9.17) is 0 Å². The van der Waals surface area contributed by atoms with Crippen LogP contribution in [0.1, 0.15) is 63.5 Å². The molecule has 1 fully saturated rings. The number of para-hydroxylation sites is 1. The van der Waals surface area contributed by atoms with Gasteiger partial charge in [-0.1, -0.05) is 62.8 Å². The molecule has 2 heterocycles. The zero-order valence-corrected chi connectivity index (χ0v) is 21.9. The Hall–Kier alpha value is -4.01. The van der Waals surface area contributed by atoms with E-state index < -0.39 is 24.1 Å². The highest BCUT2D eigenvalue weighted by molar-refractivity contribution is 6.37. The number of fused-ring (bicyclic) bond motifs is 1. The van der Waals surface area contributed by atoms with Gasteiger partial charge in [-0.15, -0.1) is 0 Å². The summed E-state index contributed by atoms with van der Waals surface area (Å²) in [4.78, 5) is 41.9. The number of urea groups is 1. The van der Waals surface area contributed by atoms with Gasteiger partial charge in [0.15, 0.2) is 6.29 Å². The van der Waals surface area contributed by atoms with Crippen molar-refractivity contribution in [1.29, 1.82) is 0 Å². The lowest BCUT2D eigenvalue weighted by Gasteiger charge is -2.34. The van der Waals surface area contributed by atoms with Crippen LogP contribution < -0.4 is 4.90 Å². The maximum absolute atomic E-state index is 13.4. The number of carbonyl (C=O) groups excluding carboxylic acids is 3. The Morgan fingerprint density at radius 2 is 1.66 bits per heavy atom. The number of aliphatic hydroxyl groups excluding tert-OH is 1. The molecule has 1 aliphatic rings. The van der Waals surface area contributed by atoms with Crippen LogP contribution in [0.5, 0.6) is 0 Å². The lowest BCUT2D eigenvalue weighted by molar-refractivity contribution is -0.129. The van der Waals surface area contributed by atoms with E-state index in [-0.39, 0.29) is 23.4 Å². The van der Waals surface area contributed by atoms with E-state index in [9.17, 15) is 24.6 Å². The number of aromatic nitrogens is 1. The summed E-state index contributed by atoms with van der Waals surface area (Å²) in [6.45, 7) is 6.44. The van der Waals surface area contributed by atoms with E-state index in [2.05, 4.69) is 30.7 Å². The lowest BCUT2D eigenvalue weighted by Crippen LogP contribution is -2.56. The van der Waals surface area contributed by atoms with Gasteiger partial charge >= 0.3 is 6.03 Å². The molecule has 0 bridgehead atoms. The van der Waals surface area contributed by atoms with Crippen molar-refractivity contribution in [2.45, 2.75) is 52.4 Å². The van der Waals surface area contributed by atoms with Crippen molar-refractivity contribution in [1.82, 2.24) is 9.47 Å². The molecule has 8 heteroatoms. The highest BCUT2D eigenvalue weighted by Gasteiger charge is 2.42. The Bertz CT molecular complexity index is 1400. The molecule has 198 valence electrons. The Kier molecular flexibility index (Phi) is 8.24. The molecule has 1 unspecified atom stereocenters. The third-order valence-electron chi connectivity index (χ3n) is 6.89. The molecule has 0 saturated carbocycles. The monoisotopic (exact) mass is 515 g/mol. The van der Waals surface area contributed by atoms with Crippen molar-refractivity contribution in [3.05, 3.63) is 83.6 Å². The molecule has 4 rings (SSSR count). The molecule has 2 N–H and O–H groups in total. The molecule has 1 aromatic heterocycles. The quantitative estimate of drug-likeness (QED) is 0.228. The van der Waals surface area contributed by atoms with Gasteiger partial charge in [0.1, 0.15) is 5.57 Å². The normalized spacial score (nSPS) is 16.6. The number of nitrogens with zero attached hydrogens (tertiary/aromatic N) is 3. The van der Waals surface area contributed by atoms with Crippen LogP contribution in [0.15, 0.2) is 72.5 Å². The number of carbonyl (C=O) groups is 3. The molecule has 1 atom stereocenters. The van der Waals surface area contributed by atoms with Gasteiger partial charge in [-0.2, -0.15) is 0 Å². The first-order valence-electron chi connectivity index (χ1n) is 12.9. The summed E-state index contributed by atoms with van der Waals surface area (Å²) in [6, 6.07) is 13.4. The maximum Gasteiger partial charge on any atom is 0.338 e. The molecule has 1 saturated heterocycles. The predicted molar refractivity (Wildman–Crippen MR) is 147 cm³/mol. The minimum absolute atomic E-state index is 0.117. The minimum atomic E-state index is -1.67. The number of hydrogen-bond acceptors (Lipinski definition) is 5. The summed E-state index contributed by atoms with van der Waals surface area (Å²) in [6.07, 6.45) is 7.74. The van der Waals surface area contributed by atoms with E-state index in [0.717, 1.165) is 39.1 Å². The van der Waals surface area contributed by atoms with Crippen molar-refractivity contribution in [3.63, 3.8) is 0 Å². The van der Waals surface area contributed by atoms with Crippen LogP contribution >= 0.6 is 0 Å². The van der Waals surface area contributed by atoms with Crippen molar-refractivity contribution in [2.75, 3.05) is 11.4 Å². The highest BCUT2D eigenvalue weighted by atomic mass is 16.5. The minimum Gasteiger partial charge on any atom is -0.364 e. The standard InChI is InChI=1S/C30H33N3O5/c1-4-6-18-31-27(34)25(28(35)33(30(31)38)23-16-14-21(15-17-23)29(36)37)12-9-10-22-19-32(20(3)5-2)26-13-8-7-11-24(22)26/h7-17,19-20,29,36-37H,4-6,18H2,1-3H3. The number of hydrogen-bond donors (Lipinski definition) is 2. The van der Waals surface area contributed by atoms with Crippen LogP contribution in [-0.4, -0.2) is 44.1 Å². The van der Waals surface area contributed by atoms with E-state index in [1.165, 1.54) is 30.3 Å². The number of anilines is 1. The molecule has 38 heavy (non-hydrogen) atoms. The second-order valence-electron chi connectivity index (χ2n) is 9.40. The van der Waals surface area contributed by atoms with Gasteiger partial charge in [-0.05, 0) is 49.6 Å². The van der Waals surface area contributed by atoms with E-state index in [1.807, 2.05) is 31.2 Å². The first-order chi connectivity index (χ1) is 18.3. The number of unbranched alkanes of at least 4 members (excludes halogenated alkanes) is 1. The van der Waals surface area contributed by atoms with E-state index >= 15 is 0 Å². The molecule has 4 amide bonds. The van der Waals surface area contributed by atoms with Gasteiger partial charge in [0.05, 0.1) is 5.69 Å². The Morgan fingerprint density at radius 1 is 0.947 bits per heavy atom. The van der Waals surface area contributed by atoms with Crippen LogP contribution in [0.4, 0.5) is 10.5 Å². The number of barbiturate groups is 1. The summed E-state index contributed by atoms with van der Waals surface area (Å²) < 4.78 is 2.22. The van der Waals surface area contributed by atoms with Crippen molar-refractivity contribution < 1.29 is 24.6 Å². The zero-order valence-electron chi connectivity index (χ0n) is 21.9. The summed E-state index contributed by atoms with van der Waals surface area (Å²) in [7, 11) is 0. The van der Waals surface area contributed by atoms with Gasteiger partial charge in [0.2, 0.25) is 0 Å². The van der Waals surface area contributed by atoms with Crippen molar-refractivity contribution in [2.24, 2.45) is 0 Å². The topological polar surface area (TPSA) is 103 Å². The SMILES string of the molecule is CCCCN1C(=O)C(=CC=Cc2cn(C(C)CC)c3ccccc23)C(=O)N(c2ccc(C(O)O)cc2)C1=O. The fourth-order valence-electron chi connectivity index (χ4n) is 4.51. The third kappa shape index (κ3) is 5.18. The zero-order chi connectivity index (χ0) is 27.4. The summed E-state index contributed by atoms with van der Waals surface area (Å²) in [5.41, 5.74) is 2.42. The molecular formula is C30H33N3O5. The van der Waals surface area contributed by atoms with Gasteiger partial charge < -0.3 is 14.8 Å². The van der Waals surface area contributed by atoms with Gasteiger partial charge in [0, 0.05) is 35.2 Å². The maximum atomic E-state index is 13.4. The molecule has 0 radical (unpaired) electrons. The summed E-state index contributed by atoms with van der Waals surface area (Å²) in [5.74, 6) is -1.35. The second kappa shape index (κ2) is 11.6. The average Bonchev–Trinajstić information content (AvgIpc) is 3.29. The van der Waals surface area contributed by atoms with Gasteiger partial charge in [-0.3, -0.25) is 14.5 Å². The van der Waals surface area contributed by atoms with Gasteiger partial charge in [0.25, 0.3) is 11.8 Å². The van der Waals surface area contributed by atoms with Crippen molar-refractivity contribution in [3.8, 4) is 0 Å². The first-order valence-corrected chi connectivity index (χ1v) is 12.9. The number of benzene rings is 2. The van der Waals surface area contributed by atoms with E-state index in [0.29, 0.717) is 12.5 Å². The number of amides is 4. The Morgan fingerprint density at radius 3 is 2.32 bits per heavy atom. The molecule has 1 aliphatic heterocycles. The molecule has 0 aliphatic carbocycles. The smallest absolute Gasteiger partial charge is 0.338 e. The summed E-state index contributed by atoms with van der Waals surface area (Å²) in [5, 5.41) is 19.8. The largest absolute Gasteiger partial charge is 0.364 e. The van der Waals surface area contributed by atoms with Gasteiger partial charge in [-0.25, -0.2) is 9.69 Å². The number of imide groups is 2. The Balaban J connectivity index is 1.71. The fraction of sp³-hybridized carbons (Fsp3) is 0.300. The lowest BCUT2D eigenvalue weighted by atomic mass is 10.1. The molecular weight excluding hydrogens is 482 g/mol. The molecule has 8 nitrogen and oxygen atoms in total. The average molecular weight is 516 g/mol. The number of aliphatic hydroxyl groups is 2. The van der Waals surface area contributed by atoms with E-state index in [1.54, 1.807) is 6.08 Å². The summed E-state index contributed by atoms with van der Waals surface area (Å²) >= 11 is 0. The predicted octanol–water partition coefficient (Wildman–Crippen LogP) is 5.33. The van der Waals surface area contributed by atoms with Crippen LogP contribution in [-0.2, 0) is 9.59 Å². The highest BCUT2D eigenvalue weighted by Crippen LogP contribution is 2.28. The molecule has 3 aromatic rings.